The third-order valence-corrected chi connectivity index (χ3v) is 4.82. The van der Waals surface area contributed by atoms with Crippen molar-refractivity contribution in [3.63, 3.8) is 0 Å². The van der Waals surface area contributed by atoms with E-state index in [1.54, 1.807) is 0 Å². The summed E-state index contributed by atoms with van der Waals surface area (Å²) >= 11 is 0. The Morgan fingerprint density at radius 1 is 1.31 bits per heavy atom. The van der Waals surface area contributed by atoms with Gasteiger partial charge in [0.1, 0.15) is 0 Å². The first-order valence-electron chi connectivity index (χ1n) is 5.58. The fourth-order valence-corrected chi connectivity index (χ4v) is 3.47. The predicted molar refractivity (Wildman–Crippen MR) is 68.5 cm³/mol. The summed E-state index contributed by atoms with van der Waals surface area (Å²) in [5.41, 5.74) is 1.34. The van der Waals surface area contributed by atoms with Gasteiger partial charge in [0.25, 0.3) is 5.97 Å². The minimum atomic E-state index is -1.83. The lowest BCUT2D eigenvalue weighted by Crippen LogP contribution is -2.32. The number of carbonyl (C=O) groups is 1. The summed E-state index contributed by atoms with van der Waals surface area (Å²) in [4.78, 5) is 10.8. The zero-order valence-electron chi connectivity index (χ0n) is 10.0. The molecule has 1 radical (unpaired) electrons. The highest BCUT2D eigenvalue weighted by molar-refractivity contribution is 6.72. The molecule has 87 valence electrons. The van der Waals surface area contributed by atoms with Crippen LogP contribution in [0.15, 0.2) is 30.3 Å². The minimum absolute atomic E-state index is 0.392. The van der Waals surface area contributed by atoms with Crippen molar-refractivity contribution >= 4 is 14.3 Å². The molecule has 0 aromatic heterocycles. The van der Waals surface area contributed by atoms with Gasteiger partial charge in [-0.3, -0.25) is 4.79 Å². The van der Waals surface area contributed by atoms with Gasteiger partial charge in [-0.25, -0.2) is 0 Å². The van der Waals surface area contributed by atoms with Crippen LogP contribution in [0.1, 0.15) is 12.0 Å². The first-order chi connectivity index (χ1) is 7.49. The second-order valence-corrected chi connectivity index (χ2v) is 8.80. The molecular weight excluding hydrogens is 216 g/mol. The highest BCUT2D eigenvalue weighted by Gasteiger charge is 2.24. The smallest absolute Gasteiger partial charge is 0.293 e. The highest BCUT2D eigenvalue weighted by atomic mass is 28.4. The van der Waals surface area contributed by atoms with Crippen LogP contribution in [0.5, 0.6) is 0 Å². The van der Waals surface area contributed by atoms with Crippen molar-refractivity contribution in [2.45, 2.75) is 32.0 Å². The largest absolute Gasteiger partial charge is 0.520 e. The van der Waals surface area contributed by atoms with Gasteiger partial charge in [-0.15, -0.1) is 0 Å². The third kappa shape index (κ3) is 5.12. The van der Waals surface area contributed by atoms with E-state index in [9.17, 15) is 4.79 Å². The molecule has 1 aromatic rings. The van der Waals surface area contributed by atoms with Crippen LogP contribution in [0, 0.1) is 6.92 Å². The molecule has 0 N–H and O–H groups in total. The quantitative estimate of drug-likeness (QED) is 0.733. The van der Waals surface area contributed by atoms with E-state index in [1.807, 2.05) is 18.2 Å². The molecule has 0 saturated carbocycles. The van der Waals surface area contributed by atoms with Gasteiger partial charge < -0.3 is 4.43 Å². The van der Waals surface area contributed by atoms with E-state index in [0.717, 1.165) is 18.9 Å². The summed E-state index contributed by atoms with van der Waals surface area (Å²) in [5, 5.41) is 0. The predicted octanol–water partition coefficient (Wildman–Crippen LogP) is 3.20. The number of carbonyl (C=O) groups excluding carboxylic acids is 1. The Labute approximate surface area is 98.8 Å². The van der Waals surface area contributed by atoms with Gasteiger partial charge >= 0.3 is 0 Å². The van der Waals surface area contributed by atoms with Crippen LogP contribution < -0.4 is 0 Å². The molecule has 1 rings (SSSR count). The van der Waals surface area contributed by atoms with E-state index >= 15 is 0 Å². The molecule has 0 amide bonds. The summed E-state index contributed by atoms with van der Waals surface area (Å²) in [6.07, 6.45) is 2.11. The van der Waals surface area contributed by atoms with Crippen molar-refractivity contribution in [1.29, 1.82) is 0 Å². The van der Waals surface area contributed by atoms with Crippen LogP contribution in [0.2, 0.25) is 19.1 Å². The fourth-order valence-electron chi connectivity index (χ4n) is 1.72. The van der Waals surface area contributed by atoms with Crippen molar-refractivity contribution in [3.05, 3.63) is 42.8 Å². The molecule has 3 heteroatoms. The van der Waals surface area contributed by atoms with Crippen molar-refractivity contribution in [2.75, 3.05) is 0 Å². The zero-order valence-corrected chi connectivity index (χ0v) is 11.0. The Morgan fingerprint density at radius 3 is 2.50 bits per heavy atom. The summed E-state index contributed by atoms with van der Waals surface area (Å²) < 4.78 is 5.26. The van der Waals surface area contributed by atoms with Gasteiger partial charge in [-0.1, -0.05) is 30.3 Å². The maximum Gasteiger partial charge on any atom is 0.293 e. The van der Waals surface area contributed by atoms with Crippen molar-refractivity contribution in [3.8, 4) is 0 Å². The average molecular weight is 235 g/mol. The van der Waals surface area contributed by atoms with E-state index in [-0.39, 0.29) is 0 Å². The lowest BCUT2D eigenvalue weighted by Gasteiger charge is -2.21. The molecule has 0 aliphatic rings. The number of aryl methyl sites for hydroxylation is 1. The third-order valence-electron chi connectivity index (χ3n) is 2.48. The second-order valence-electron chi connectivity index (χ2n) is 4.57. The van der Waals surface area contributed by atoms with E-state index in [1.165, 1.54) is 5.56 Å². The summed E-state index contributed by atoms with van der Waals surface area (Å²) in [6, 6.07) is 11.4. The van der Waals surface area contributed by atoms with Crippen LogP contribution in [-0.4, -0.2) is 14.3 Å². The Bertz CT molecular complexity index is 333. The molecule has 0 heterocycles. The van der Waals surface area contributed by atoms with E-state index in [0.29, 0.717) is 0 Å². The van der Waals surface area contributed by atoms with Crippen molar-refractivity contribution < 1.29 is 9.22 Å². The second kappa shape index (κ2) is 5.85. The maximum atomic E-state index is 10.8. The molecule has 0 aliphatic heterocycles. The van der Waals surface area contributed by atoms with Crippen molar-refractivity contribution in [1.82, 2.24) is 0 Å². The summed E-state index contributed by atoms with van der Waals surface area (Å²) in [6.45, 7) is 7.38. The van der Waals surface area contributed by atoms with E-state index < -0.39 is 14.3 Å². The van der Waals surface area contributed by atoms with E-state index in [2.05, 4.69) is 32.2 Å². The zero-order chi connectivity index (χ0) is 12.0. The molecule has 0 atom stereocenters. The maximum absolute atomic E-state index is 10.8. The monoisotopic (exact) mass is 235 g/mol. The molecule has 2 nitrogen and oxygen atoms in total. The van der Waals surface area contributed by atoms with Gasteiger partial charge in [-0.2, -0.15) is 0 Å². The van der Waals surface area contributed by atoms with Gasteiger partial charge in [-0.05, 0) is 37.5 Å². The lowest BCUT2D eigenvalue weighted by molar-refractivity contribution is -0.130. The van der Waals surface area contributed by atoms with Gasteiger partial charge in [0.05, 0.1) is 6.92 Å². The SMILES string of the molecule is [CH2]C(=O)O[Si](C)(C)CCCc1ccccc1. The first-order valence-corrected chi connectivity index (χ1v) is 8.70. The van der Waals surface area contributed by atoms with E-state index in [4.69, 9.17) is 4.43 Å². The molecule has 1 aromatic carbocycles. The molecule has 0 fully saturated rings. The molecule has 0 aliphatic carbocycles. The topological polar surface area (TPSA) is 26.3 Å². The van der Waals surface area contributed by atoms with Crippen LogP contribution >= 0.6 is 0 Å². The minimum Gasteiger partial charge on any atom is -0.520 e. The number of benzene rings is 1. The Morgan fingerprint density at radius 2 is 1.94 bits per heavy atom. The molecule has 0 unspecified atom stereocenters. The highest BCUT2D eigenvalue weighted by Crippen LogP contribution is 2.16. The molecule has 0 saturated heterocycles. The normalized spacial score (nSPS) is 11.2. The van der Waals surface area contributed by atoms with Gasteiger partial charge in [0.15, 0.2) is 0 Å². The average Bonchev–Trinajstić information content (AvgIpc) is 2.16. The number of rotatable bonds is 5. The van der Waals surface area contributed by atoms with Crippen molar-refractivity contribution in [2.24, 2.45) is 0 Å². The van der Waals surface area contributed by atoms with Gasteiger partial charge in [0.2, 0.25) is 8.32 Å². The molecule has 0 bridgehead atoms. The van der Waals surface area contributed by atoms with Crippen LogP contribution in [0.25, 0.3) is 0 Å². The Balaban J connectivity index is 2.32. The number of hydrogen-bond acceptors (Lipinski definition) is 2. The van der Waals surface area contributed by atoms with Crippen LogP contribution in [0.3, 0.4) is 0 Å². The van der Waals surface area contributed by atoms with Gasteiger partial charge in [0, 0.05) is 0 Å². The molecule has 16 heavy (non-hydrogen) atoms. The standard InChI is InChI=1S/C13H19O2Si/c1-12(14)15-16(2,3)11-7-10-13-8-5-4-6-9-13/h4-6,8-9H,1,7,10-11H2,2-3H3. The Hall–Kier alpha value is -1.09. The summed E-state index contributed by atoms with van der Waals surface area (Å²) in [5.74, 6) is -0.392. The number of hydrogen-bond donors (Lipinski definition) is 0. The Kier molecular flexibility index (Phi) is 4.74. The lowest BCUT2D eigenvalue weighted by atomic mass is 10.1. The molecular formula is C13H19O2Si. The molecule has 0 spiro atoms. The summed E-state index contributed by atoms with van der Waals surface area (Å²) in [7, 11) is -1.83. The van der Waals surface area contributed by atoms with Crippen LogP contribution in [0.4, 0.5) is 0 Å². The van der Waals surface area contributed by atoms with Crippen LogP contribution in [-0.2, 0) is 15.6 Å². The fraction of sp³-hybridized carbons (Fsp3) is 0.385. The first kappa shape index (κ1) is 13.0.